The van der Waals surface area contributed by atoms with Gasteiger partial charge in [-0.3, -0.25) is 19.3 Å². The molecule has 2 aromatic carbocycles. The van der Waals surface area contributed by atoms with Gasteiger partial charge in [0.1, 0.15) is 5.82 Å². The molecule has 2 aliphatic rings. The summed E-state index contributed by atoms with van der Waals surface area (Å²) in [5, 5.41) is 37.0. The van der Waals surface area contributed by atoms with Gasteiger partial charge in [0.05, 0.1) is 18.4 Å². The maximum atomic E-state index is 13.4. The van der Waals surface area contributed by atoms with Gasteiger partial charge in [0, 0.05) is 45.3 Å². The number of aliphatic hydroxyl groups is 1. The Bertz CT molecular complexity index is 1260. The van der Waals surface area contributed by atoms with Crippen molar-refractivity contribution in [3.05, 3.63) is 65.5 Å². The number of amides is 1. The lowest BCUT2D eigenvalue weighted by molar-refractivity contribution is -0.170. The van der Waals surface area contributed by atoms with Gasteiger partial charge in [-0.05, 0) is 61.4 Å². The minimum atomic E-state index is -2.74. The first-order valence-corrected chi connectivity index (χ1v) is 14.3. The Morgan fingerprint density at radius 1 is 0.860 bits per heavy atom. The van der Waals surface area contributed by atoms with E-state index in [-0.39, 0.29) is 11.7 Å². The van der Waals surface area contributed by atoms with E-state index in [0.717, 1.165) is 51.1 Å². The Labute approximate surface area is 249 Å². The lowest BCUT2D eigenvalue weighted by atomic mass is 9.80. The lowest BCUT2D eigenvalue weighted by Gasteiger charge is -2.43. The number of carboxylic acid groups (broad SMARTS) is 3. The molecule has 2 aromatic rings. The number of benzene rings is 2. The molecule has 4 rings (SSSR count). The van der Waals surface area contributed by atoms with Crippen LogP contribution in [0.15, 0.2) is 48.5 Å². The molecular weight excluding hydrogens is 561 g/mol. The van der Waals surface area contributed by atoms with Crippen molar-refractivity contribution in [1.29, 1.82) is 0 Å². The quantitative estimate of drug-likeness (QED) is 0.273. The fraction of sp³-hybridized carbons (Fsp3) is 0.484. The third-order valence-corrected chi connectivity index (χ3v) is 7.89. The molecule has 5 N–H and O–H groups in total. The second kappa shape index (κ2) is 14.9. The molecule has 0 unspecified atom stereocenters. The molecule has 0 atom stereocenters. The first-order chi connectivity index (χ1) is 20.3. The van der Waals surface area contributed by atoms with Gasteiger partial charge in [-0.1, -0.05) is 30.3 Å². The van der Waals surface area contributed by atoms with Crippen LogP contribution in [0.4, 0.5) is 10.1 Å². The van der Waals surface area contributed by atoms with Crippen LogP contribution in [-0.2, 0) is 31.3 Å². The van der Waals surface area contributed by atoms with Crippen molar-refractivity contribution in [3.8, 4) is 0 Å². The van der Waals surface area contributed by atoms with Crippen LogP contribution >= 0.6 is 0 Å². The average Bonchev–Trinajstić information content (AvgIpc) is 2.94. The maximum Gasteiger partial charge on any atom is 0.336 e. The van der Waals surface area contributed by atoms with Crippen LogP contribution < -0.4 is 10.2 Å². The zero-order chi connectivity index (χ0) is 31.6. The summed E-state index contributed by atoms with van der Waals surface area (Å²) in [4.78, 5) is 47.4. The SMILES string of the molecule is CC(=O)NC1(c2ccc(F)cc2)CCN(Cc2ccccc2N2CCCCC2)CC1.O=C(O)CC(O)(CC(=O)O)C(=O)O. The maximum absolute atomic E-state index is 13.4. The van der Waals surface area contributed by atoms with E-state index in [9.17, 15) is 23.6 Å². The molecule has 2 fully saturated rings. The number of piperidine rings is 2. The first-order valence-electron chi connectivity index (χ1n) is 14.3. The van der Waals surface area contributed by atoms with E-state index in [1.807, 2.05) is 12.1 Å². The number of carbonyl (C=O) groups excluding carboxylic acids is 1. The summed E-state index contributed by atoms with van der Waals surface area (Å²) in [6.45, 7) is 6.57. The van der Waals surface area contributed by atoms with E-state index >= 15 is 0 Å². The standard InChI is InChI=1S/C25H32FN3O.C6H8O7/c1-20(30)27-25(22-9-11-23(26)12-10-22)13-17-28(18-14-25)19-21-7-3-4-8-24(21)29-15-5-2-6-16-29;7-3(8)1-6(13,5(11)12)2-4(9)10/h3-4,7-12H,2,5-6,13-19H2,1H3,(H,27,30);13H,1-2H2,(H,7,8)(H,9,10)(H,11,12). The number of nitrogens with zero attached hydrogens (tertiary/aromatic N) is 2. The number of para-hydroxylation sites is 1. The Morgan fingerprint density at radius 3 is 1.93 bits per heavy atom. The Kier molecular flexibility index (Phi) is 11.6. The zero-order valence-electron chi connectivity index (χ0n) is 24.3. The molecule has 0 spiro atoms. The van der Waals surface area contributed by atoms with E-state index in [1.54, 1.807) is 6.92 Å². The highest BCUT2D eigenvalue weighted by Crippen LogP contribution is 2.35. The molecule has 0 aliphatic carbocycles. The van der Waals surface area contributed by atoms with E-state index in [1.165, 1.54) is 42.6 Å². The van der Waals surface area contributed by atoms with Gasteiger partial charge in [0.25, 0.3) is 0 Å². The molecule has 2 heterocycles. The molecule has 234 valence electrons. The van der Waals surface area contributed by atoms with Crippen molar-refractivity contribution in [3.63, 3.8) is 0 Å². The first kappa shape index (κ1) is 33.5. The monoisotopic (exact) mass is 601 g/mol. The van der Waals surface area contributed by atoms with Crippen LogP contribution in [0.1, 0.15) is 63.0 Å². The Balaban J connectivity index is 0.000000331. The second-order valence-electron chi connectivity index (χ2n) is 11.2. The van der Waals surface area contributed by atoms with Gasteiger partial charge in [0.2, 0.25) is 5.91 Å². The smallest absolute Gasteiger partial charge is 0.336 e. The molecule has 43 heavy (non-hydrogen) atoms. The number of anilines is 1. The molecular formula is C31H40FN3O8. The summed E-state index contributed by atoms with van der Waals surface area (Å²) >= 11 is 0. The van der Waals surface area contributed by atoms with E-state index < -0.39 is 41.9 Å². The largest absolute Gasteiger partial charge is 0.481 e. The van der Waals surface area contributed by atoms with Crippen molar-refractivity contribution < 1.29 is 44.0 Å². The van der Waals surface area contributed by atoms with E-state index in [2.05, 4.69) is 39.4 Å². The Hall–Kier alpha value is -4.03. The highest BCUT2D eigenvalue weighted by molar-refractivity contribution is 5.88. The number of carbonyl (C=O) groups is 4. The van der Waals surface area contributed by atoms with Crippen molar-refractivity contribution in [2.45, 2.75) is 69.6 Å². The molecule has 1 amide bonds. The van der Waals surface area contributed by atoms with Crippen molar-refractivity contribution in [2.24, 2.45) is 0 Å². The van der Waals surface area contributed by atoms with Crippen molar-refractivity contribution in [2.75, 3.05) is 31.1 Å². The average molecular weight is 602 g/mol. The van der Waals surface area contributed by atoms with Crippen LogP contribution in [0.3, 0.4) is 0 Å². The number of nitrogens with one attached hydrogen (secondary N) is 1. The second-order valence-corrected chi connectivity index (χ2v) is 11.2. The summed E-state index contributed by atoms with van der Waals surface area (Å²) < 4.78 is 13.4. The van der Waals surface area contributed by atoms with E-state index in [4.69, 9.17) is 20.4 Å². The number of hydrogen-bond donors (Lipinski definition) is 5. The third-order valence-electron chi connectivity index (χ3n) is 7.89. The Morgan fingerprint density at radius 2 is 1.42 bits per heavy atom. The fourth-order valence-corrected chi connectivity index (χ4v) is 5.73. The molecule has 2 saturated heterocycles. The van der Waals surface area contributed by atoms with Crippen LogP contribution in [0.5, 0.6) is 0 Å². The lowest BCUT2D eigenvalue weighted by Crippen LogP contribution is -2.52. The number of carboxylic acids is 3. The summed E-state index contributed by atoms with van der Waals surface area (Å²) in [6.07, 6.45) is 3.24. The molecule has 0 aromatic heterocycles. The molecule has 12 heteroatoms. The van der Waals surface area contributed by atoms with Crippen LogP contribution in [0.25, 0.3) is 0 Å². The van der Waals surface area contributed by atoms with Crippen molar-refractivity contribution in [1.82, 2.24) is 10.2 Å². The van der Waals surface area contributed by atoms with Crippen LogP contribution in [0, 0.1) is 5.82 Å². The summed E-state index contributed by atoms with van der Waals surface area (Å²) in [6, 6.07) is 15.4. The number of aliphatic carboxylic acids is 3. The van der Waals surface area contributed by atoms with Crippen LogP contribution in [0.2, 0.25) is 0 Å². The normalized spacial score (nSPS) is 16.9. The third kappa shape index (κ3) is 9.48. The van der Waals surface area contributed by atoms with Gasteiger partial charge in [-0.2, -0.15) is 0 Å². The number of hydrogen-bond acceptors (Lipinski definition) is 7. The van der Waals surface area contributed by atoms with Gasteiger partial charge in [-0.25, -0.2) is 9.18 Å². The number of halogens is 1. The molecule has 2 aliphatic heterocycles. The van der Waals surface area contributed by atoms with E-state index in [0.29, 0.717) is 0 Å². The predicted octanol–water partition coefficient (Wildman–Crippen LogP) is 3.19. The summed E-state index contributed by atoms with van der Waals surface area (Å²) in [5.41, 5.74) is 0.593. The molecule has 0 saturated carbocycles. The molecule has 0 bridgehead atoms. The number of rotatable bonds is 10. The molecule has 11 nitrogen and oxygen atoms in total. The highest BCUT2D eigenvalue weighted by atomic mass is 19.1. The minimum Gasteiger partial charge on any atom is -0.481 e. The van der Waals surface area contributed by atoms with Crippen molar-refractivity contribution >= 4 is 29.5 Å². The van der Waals surface area contributed by atoms with Gasteiger partial charge in [0.15, 0.2) is 5.60 Å². The highest BCUT2D eigenvalue weighted by Gasteiger charge is 2.41. The summed E-state index contributed by atoms with van der Waals surface area (Å²) in [7, 11) is 0. The van der Waals surface area contributed by atoms with Gasteiger partial charge >= 0.3 is 17.9 Å². The topological polar surface area (TPSA) is 168 Å². The van der Waals surface area contributed by atoms with Crippen LogP contribution in [-0.4, -0.2) is 80.9 Å². The predicted molar refractivity (Wildman–Crippen MR) is 156 cm³/mol. The van der Waals surface area contributed by atoms with Gasteiger partial charge < -0.3 is 30.6 Å². The minimum absolute atomic E-state index is 0.0387. The summed E-state index contributed by atoms with van der Waals surface area (Å²) in [5.74, 6) is -5.30. The molecule has 0 radical (unpaired) electrons. The fourth-order valence-electron chi connectivity index (χ4n) is 5.73. The van der Waals surface area contributed by atoms with Gasteiger partial charge in [-0.15, -0.1) is 0 Å². The zero-order valence-corrected chi connectivity index (χ0v) is 24.3. The number of likely N-dealkylation sites (tertiary alicyclic amines) is 1.